The van der Waals surface area contributed by atoms with Gasteiger partial charge in [0.25, 0.3) is 0 Å². The van der Waals surface area contributed by atoms with Crippen LogP contribution >= 0.6 is 7.82 Å². The van der Waals surface area contributed by atoms with Crippen molar-refractivity contribution in [1.29, 1.82) is 0 Å². The van der Waals surface area contributed by atoms with Crippen molar-refractivity contribution in [2.24, 2.45) is 0 Å². The molecule has 0 aliphatic heterocycles. The molecule has 0 fully saturated rings. The van der Waals surface area contributed by atoms with E-state index >= 15 is 0 Å². The smallest absolute Gasteiger partial charge is 0.327 e. The third-order valence-electron chi connectivity index (χ3n) is 6.78. The van der Waals surface area contributed by atoms with E-state index in [0.717, 1.165) is 33.4 Å². The molecule has 8 heteroatoms. The summed E-state index contributed by atoms with van der Waals surface area (Å²) in [4.78, 5) is 16.4. The average molecular weight is 585 g/mol. The summed E-state index contributed by atoms with van der Waals surface area (Å²) in [6, 6.07) is 16.9. The maximum atomic E-state index is 13.7. The second-order valence-corrected chi connectivity index (χ2v) is 15.0. The highest BCUT2D eigenvalue weighted by molar-refractivity contribution is 7.48. The maximum absolute atomic E-state index is 13.7. The van der Waals surface area contributed by atoms with Gasteiger partial charge in [0.15, 0.2) is 17.2 Å². The van der Waals surface area contributed by atoms with Crippen molar-refractivity contribution in [3.8, 4) is 17.2 Å². The van der Waals surface area contributed by atoms with E-state index in [-0.39, 0.29) is 16.2 Å². The van der Waals surface area contributed by atoms with E-state index in [0.29, 0.717) is 17.2 Å². The number of hydrogen-bond acceptors (Lipinski definition) is 7. The lowest BCUT2D eigenvalue weighted by Gasteiger charge is -2.22. The molecule has 41 heavy (non-hydrogen) atoms. The van der Waals surface area contributed by atoms with Gasteiger partial charge in [0.2, 0.25) is 0 Å². The van der Waals surface area contributed by atoms with Gasteiger partial charge in [0.05, 0.1) is 0 Å². The Morgan fingerprint density at radius 2 is 0.707 bits per heavy atom. The fourth-order valence-electron chi connectivity index (χ4n) is 3.92. The monoisotopic (exact) mass is 584 g/mol. The Hall–Kier alpha value is -2.83. The lowest BCUT2D eigenvalue weighted by atomic mass is 9.86. The van der Waals surface area contributed by atoms with Crippen LogP contribution in [0.2, 0.25) is 0 Å². The Morgan fingerprint density at radius 3 is 0.902 bits per heavy atom. The van der Waals surface area contributed by atoms with E-state index in [1.54, 1.807) is 18.2 Å². The molecule has 3 aromatic carbocycles. The van der Waals surface area contributed by atoms with Gasteiger partial charge in [0.1, 0.15) is 0 Å². The fourth-order valence-corrected chi connectivity index (χ4v) is 4.51. The molecule has 0 atom stereocenters. The van der Waals surface area contributed by atoms with E-state index in [2.05, 4.69) is 62.3 Å². The van der Waals surface area contributed by atoms with Gasteiger partial charge in [-0.15, -0.1) is 0 Å². The number of aryl methyl sites for hydroxylation is 3. The summed E-state index contributed by atoms with van der Waals surface area (Å²) in [5.74, 6) is 1.05. The summed E-state index contributed by atoms with van der Waals surface area (Å²) < 4.78 is 29.5. The summed E-state index contributed by atoms with van der Waals surface area (Å²) in [5.41, 5.74) is 5.57. The second-order valence-electron chi connectivity index (χ2n) is 13.6. The highest BCUT2D eigenvalue weighted by Gasteiger charge is 2.36. The third kappa shape index (κ3) is 8.83. The Balaban J connectivity index is 1.83. The van der Waals surface area contributed by atoms with E-state index in [1.165, 1.54) is 0 Å². The largest absolute Gasteiger partial charge is 0.583 e. The van der Waals surface area contributed by atoms with E-state index in [1.807, 2.05) is 57.2 Å². The van der Waals surface area contributed by atoms with Gasteiger partial charge < -0.3 is 14.7 Å². The topological polar surface area (TPSA) is 72.5 Å². The first-order chi connectivity index (χ1) is 18.8. The molecule has 0 heterocycles. The molecule has 0 unspecified atom stereocenters. The van der Waals surface area contributed by atoms with E-state index in [4.69, 9.17) is 28.7 Å². The molecule has 0 amide bonds. The van der Waals surface area contributed by atoms with Gasteiger partial charge in [-0.1, -0.05) is 113 Å². The summed E-state index contributed by atoms with van der Waals surface area (Å²) in [5, 5.41) is 0. The molecule has 3 aromatic rings. The predicted molar refractivity (Wildman–Crippen MR) is 162 cm³/mol. The van der Waals surface area contributed by atoms with Crippen LogP contribution in [0, 0.1) is 20.8 Å². The lowest BCUT2D eigenvalue weighted by Crippen LogP contribution is -2.13. The quantitative estimate of drug-likeness (QED) is 0.141. The van der Waals surface area contributed by atoms with Crippen molar-refractivity contribution in [1.82, 2.24) is 0 Å². The second kappa shape index (κ2) is 12.2. The van der Waals surface area contributed by atoms with Gasteiger partial charge in [-0.05, 0) is 88.6 Å². The normalized spacial score (nSPS) is 12.8. The van der Waals surface area contributed by atoms with Crippen LogP contribution in [-0.4, -0.2) is 0 Å². The molecule has 0 spiro atoms. The molecule has 0 N–H and O–H groups in total. The molecule has 0 bridgehead atoms. The Kier molecular flexibility index (Phi) is 9.71. The molecule has 0 saturated heterocycles. The van der Waals surface area contributed by atoms with Crippen LogP contribution in [0.25, 0.3) is 0 Å². The standard InChI is InChI=1S/C33H45O7P/c1-22-19-25(31(4,5)6)13-16-28(22)35-38-41(34,39-36-29-17-14-26(20-23(29)2)32(7,8)9)40-37-30-18-15-27(21-24(30)3)33(10,11)12/h13-21H,1-12H3. The highest BCUT2D eigenvalue weighted by atomic mass is 31.2. The molecule has 0 aromatic heterocycles. The number of phosphoric acid groups is 1. The Labute approximate surface area is 245 Å². The fraction of sp³-hybridized carbons (Fsp3) is 0.455. The molecule has 224 valence electrons. The molecule has 0 radical (unpaired) electrons. The van der Waals surface area contributed by atoms with Gasteiger partial charge in [-0.3, -0.25) is 0 Å². The van der Waals surface area contributed by atoms with Crippen molar-refractivity contribution >= 4 is 7.82 Å². The molecule has 0 aliphatic rings. The minimum Gasteiger partial charge on any atom is -0.327 e. The maximum Gasteiger partial charge on any atom is 0.583 e. The zero-order valence-corrected chi connectivity index (χ0v) is 27.4. The zero-order chi connectivity index (χ0) is 30.8. The van der Waals surface area contributed by atoms with E-state index < -0.39 is 7.82 Å². The SMILES string of the molecule is Cc1cc(C(C)(C)C)ccc1OOP(=O)(OOc1ccc(C(C)(C)C)cc1C)OOc1ccc(C(C)(C)C)cc1C. The van der Waals surface area contributed by atoms with Gasteiger partial charge in [-0.25, -0.2) is 4.57 Å². The van der Waals surface area contributed by atoms with Crippen LogP contribution in [0.4, 0.5) is 0 Å². The minimum atomic E-state index is -4.58. The predicted octanol–water partition coefficient (Wildman–Crippen LogP) is 9.94. The van der Waals surface area contributed by atoms with Crippen molar-refractivity contribution in [3.05, 3.63) is 88.0 Å². The summed E-state index contributed by atoms with van der Waals surface area (Å²) in [7, 11) is -4.58. The Bertz CT molecular complexity index is 1240. The number of benzene rings is 3. The highest BCUT2D eigenvalue weighted by Crippen LogP contribution is 2.51. The van der Waals surface area contributed by atoms with Crippen molar-refractivity contribution in [2.45, 2.75) is 99.3 Å². The third-order valence-corrected chi connectivity index (χ3v) is 7.55. The summed E-state index contributed by atoms with van der Waals surface area (Å²) >= 11 is 0. The zero-order valence-electron chi connectivity index (χ0n) is 26.5. The number of rotatable bonds is 9. The average Bonchev–Trinajstić information content (AvgIpc) is 2.85. The van der Waals surface area contributed by atoms with Gasteiger partial charge in [-0.2, -0.15) is 0 Å². The van der Waals surface area contributed by atoms with Crippen molar-refractivity contribution in [2.75, 3.05) is 0 Å². The molecule has 7 nitrogen and oxygen atoms in total. The van der Waals surface area contributed by atoms with Crippen LogP contribution in [0.1, 0.15) is 95.7 Å². The van der Waals surface area contributed by atoms with E-state index in [9.17, 15) is 4.57 Å². The van der Waals surface area contributed by atoms with Crippen LogP contribution in [-0.2, 0) is 34.8 Å². The van der Waals surface area contributed by atoms with Crippen LogP contribution < -0.4 is 14.7 Å². The molecular weight excluding hydrogens is 539 g/mol. The van der Waals surface area contributed by atoms with Crippen LogP contribution in [0.5, 0.6) is 17.2 Å². The van der Waals surface area contributed by atoms with Gasteiger partial charge >= 0.3 is 7.82 Å². The van der Waals surface area contributed by atoms with Crippen LogP contribution in [0.15, 0.2) is 54.6 Å². The molecule has 3 rings (SSSR count). The molecule has 0 saturated carbocycles. The Morgan fingerprint density at radius 1 is 0.463 bits per heavy atom. The summed E-state index contributed by atoms with van der Waals surface area (Å²) in [6.45, 7) is 24.7. The van der Waals surface area contributed by atoms with Crippen molar-refractivity contribution in [3.63, 3.8) is 0 Å². The lowest BCUT2D eigenvalue weighted by molar-refractivity contribution is -0.238. The summed E-state index contributed by atoms with van der Waals surface area (Å²) in [6.07, 6.45) is 0. The molecule has 0 aliphatic carbocycles. The first kappa shape index (κ1) is 32.7. The van der Waals surface area contributed by atoms with Gasteiger partial charge in [0, 0.05) is 0 Å². The molecular formula is C33H45O7P. The minimum absolute atomic E-state index is 0.0475. The first-order valence-corrected chi connectivity index (χ1v) is 15.3. The first-order valence-electron chi connectivity index (χ1n) is 13.8. The van der Waals surface area contributed by atoms with Crippen LogP contribution in [0.3, 0.4) is 0 Å². The number of hydrogen-bond donors (Lipinski definition) is 0. The van der Waals surface area contributed by atoms with Crippen molar-refractivity contribution < 1.29 is 33.3 Å².